The van der Waals surface area contributed by atoms with Crippen LogP contribution in [0.4, 0.5) is 0 Å². The SMILES string of the molecule is CO[C@@H]1[C@@H](C)[C@@H](OC)C(O)O[C@H]1C. The minimum Gasteiger partial charge on any atom is -0.378 e. The van der Waals surface area contributed by atoms with Crippen LogP contribution in [-0.4, -0.2) is 43.9 Å². The summed E-state index contributed by atoms with van der Waals surface area (Å²) in [6, 6.07) is 0. The molecule has 13 heavy (non-hydrogen) atoms. The Labute approximate surface area is 78.8 Å². The number of methoxy groups -OCH3 is 2. The molecule has 1 N–H and O–H groups in total. The van der Waals surface area contributed by atoms with Crippen molar-refractivity contribution in [3.8, 4) is 0 Å². The molecular weight excluding hydrogens is 172 g/mol. The summed E-state index contributed by atoms with van der Waals surface area (Å²) >= 11 is 0. The van der Waals surface area contributed by atoms with Gasteiger partial charge in [-0.1, -0.05) is 6.92 Å². The van der Waals surface area contributed by atoms with Crippen molar-refractivity contribution in [3.63, 3.8) is 0 Å². The van der Waals surface area contributed by atoms with Crippen molar-refractivity contribution in [2.75, 3.05) is 14.2 Å². The van der Waals surface area contributed by atoms with Gasteiger partial charge in [0, 0.05) is 20.1 Å². The number of ether oxygens (including phenoxy) is 3. The van der Waals surface area contributed by atoms with E-state index in [4.69, 9.17) is 14.2 Å². The molecule has 0 aromatic heterocycles. The summed E-state index contributed by atoms with van der Waals surface area (Å²) in [5, 5.41) is 9.52. The van der Waals surface area contributed by atoms with E-state index in [1.165, 1.54) is 0 Å². The molecule has 5 atom stereocenters. The summed E-state index contributed by atoms with van der Waals surface area (Å²) in [6.45, 7) is 3.88. The van der Waals surface area contributed by atoms with E-state index in [1.807, 2.05) is 13.8 Å². The summed E-state index contributed by atoms with van der Waals surface area (Å²) in [5.74, 6) is 0.133. The Kier molecular flexibility index (Phi) is 3.67. The smallest absolute Gasteiger partial charge is 0.181 e. The molecule has 1 aliphatic rings. The minimum atomic E-state index is -0.846. The zero-order chi connectivity index (χ0) is 10.0. The molecule has 0 aromatic rings. The maximum Gasteiger partial charge on any atom is 0.181 e. The Morgan fingerprint density at radius 3 is 2.08 bits per heavy atom. The summed E-state index contributed by atoms with van der Waals surface area (Å²) in [5.41, 5.74) is 0. The molecule has 0 radical (unpaired) electrons. The molecule has 1 heterocycles. The minimum absolute atomic E-state index is 0.0200. The molecule has 0 amide bonds. The largest absolute Gasteiger partial charge is 0.378 e. The fourth-order valence-corrected chi connectivity index (χ4v) is 1.99. The van der Waals surface area contributed by atoms with Crippen LogP contribution in [0.3, 0.4) is 0 Å². The van der Waals surface area contributed by atoms with Crippen molar-refractivity contribution in [1.29, 1.82) is 0 Å². The molecule has 1 rings (SSSR count). The molecule has 1 saturated heterocycles. The van der Waals surface area contributed by atoms with Crippen molar-refractivity contribution >= 4 is 0 Å². The van der Waals surface area contributed by atoms with Gasteiger partial charge < -0.3 is 19.3 Å². The average molecular weight is 190 g/mol. The maximum absolute atomic E-state index is 9.52. The van der Waals surface area contributed by atoms with E-state index < -0.39 is 6.29 Å². The number of hydrogen-bond donors (Lipinski definition) is 1. The molecule has 1 unspecified atom stereocenters. The van der Waals surface area contributed by atoms with E-state index in [0.29, 0.717) is 0 Å². The quantitative estimate of drug-likeness (QED) is 0.684. The Morgan fingerprint density at radius 2 is 1.62 bits per heavy atom. The van der Waals surface area contributed by atoms with Gasteiger partial charge in [0.1, 0.15) is 6.10 Å². The lowest BCUT2D eigenvalue weighted by molar-refractivity contribution is -0.270. The third-order valence-electron chi connectivity index (χ3n) is 2.68. The van der Waals surface area contributed by atoms with Gasteiger partial charge in [0.05, 0.1) is 12.2 Å². The normalized spacial score (nSPS) is 46.4. The van der Waals surface area contributed by atoms with Crippen molar-refractivity contribution in [1.82, 2.24) is 0 Å². The summed E-state index contributed by atoms with van der Waals surface area (Å²) < 4.78 is 15.7. The zero-order valence-electron chi connectivity index (χ0n) is 8.56. The molecule has 0 bridgehead atoms. The first-order chi connectivity index (χ1) is 6.11. The van der Waals surface area contributed by atoms with Crippen LogP contribution in [0, 0.1) is 5.92 Å². The van der Waals surface area contributed by atoms with E-state index in [0.717, 1.165) is 0 Å². The second kappa shape index (κ2) is 4.37. The Bertz CT molecular complexity index is 146. The predicted molar refractivity (Wildman–Crippen MR) is 47.3 cm³/mol. The molecular formula is C9H18O4. The topological polar surface area (TPSA) is 47.9 Å². The second-order valence-corrected chi connectivity index (χ2v) is 3.49. The van der Waals surface area contributed by atoms with Crippen molar-refractivity contribution < 1.29 is 19.3 Å². The van der Waals surface area contributed by atoms with Gasteiger partial charge in [0.15, 0.2) is 6.29 Å². The lowest BCUT2D eigenvalue weighted by Crippen LogP contribution is -2.53. The molecule has 0 aromatic carbocycles. The average Bonchev–Trinajstić information content (AvgIpc) is 2.04. The van der Waals surface area contributed by atoms with Crippen LogP contribution in [0.1, 0.15) is 13.8 Å². The van der Waals surface area contributed by atoms with Crippen LogP contribution in [0.5, 0.6) is 0 Å². The zero-order valence-corrected chi connectivity index (χ0v) is 8.56. The highest BCUT2D eigenvalue weighted by Crippen LogP contribution is 2.28. The first-order valence-electron chi connectivity index (χ1n) is 4.51. The van der Waals surface area contributed by atoms with Crippen LogP contribution >= 0.6 is 0 Å². The van der Waals surface area contributed by atoms with E-state index >= 15 is 0 Å². The monoisotopic (exact) mass is 190 g/mol. The highest BCUT2D eigenvalue weighted by molar-refractivity contribution is 4.85. The third-order valence-corrected chi connectivity index (χ3v) is 2.68. The van der Waals surface area contributed by atoms with Gasteiger partial charge >= 0.3 is 0 Å². The summed E-state index contributed by atoms with van der Waals surface area (Å²) in [6.07, 6.45) is -1.27. The molecule has 0 spiro atoms. The Hall–Kier alpha value is -0.160. The highest BCUT2D eigenvalue weighted by Gasteiger charge is 2.41. The van der Waals surface area contributed by atoms with Gasteiger partial charge in [-0.05, 0) is 6.92 Å². The lowest BCUT2D eigenvalue weighted by atomic mass is 9.91. The van der Waals surface area contributed by atoms with Gasteiger partial charge in [0.25, 0.3) is 0 Å². The summed E-state index contributed by atoms with van der Waals surface area (Å²) in [4.78, 5) is 0. The van der Waals surface area contributed by atoms with Gasteiger partial charge in [-0.3, -0.25) is 0 Å². The maximum atomic E-state index is 9.52. The molecule has 0 aliphatic carbocycles. The van der Waals surface area contributed by atoms with E-state index in [-0.39, 0.29) is 24.2 Å². The Morgan fingerprint density at radius 1 is 1.08 bits per heavy atom. The Balaban J connectivity index is 2.69. The molecule has 78 valence electrons. The van der Waals surface area contributed by atoms with Gasteiger partial charge in [0.2, 0.25) is 0 Å². The standard InChI is InChI=1S/C9H18O4/c1-5-7(11-3)6(2)13-9(10)8(5)12-4/h5-10H,1-4H3/t5-,6+,7-,8-,9?/m1/s1. The molecule has 1 aliphatic heterocycles. The van der Waals surface area contributed by atoms with Gasteiger partial charge in [-0.15, -0.1) is 0 Å². The fraction of sp³-hybridized carbons (Fsp3) is 1.00. The molecule has 1 fully saturated rings. The predicted octanol–water partition coefficient (Wildman–Crippen LogP) is 0.390. The summed E-state index contributed by atoms with van der Waals surface area (Å²) in [7, 11) is 3.21. The molecule has 4 heteroatoms. The first-order valence-corrected chi connectivity index (χ1v) is 4.51. The van der Waals surface area contributed by atoms with Crippen molar-refractivity contribution in [2.45, 2.75) is 38.4 Å². The van der Waals surface area contributed by atoms with Crippen LogP contribution < -0.4 is 0 Å². The number of rotatable bonds is 2. The van der Waals surface area contributed by atoms with Crippen LogP contribution in [0.2, 0.25) is 0 Å². The van der Waals surface area contributed by atoms with E-state index in [2.05, 4.69) is 0 Å². The van der Waals surface area contributed by atoms with E-state index in [1.54, 1.807) is 14.2 Å². The number of hydrogen-bond acceptors (Lipinski definition) is 4. The number of aliphatic hydroxyl groups excluding tert-OH is 1. The van der Waals surface area contributed by atoms with Crippen LogP contribution in [0.15, 0.2) is 0 Å². The van der Waals surface area contributed by atoms with Crippen LogP contribution in [-0.2, 0) is 14.2 Å². The fourth-order valence-electron chi connectivity index (χ4n) is 1.99. The molecule has 4 nitrogen and oxygen atoms in total. The highest BCUT2D eigenvalue weighted by atomic mass is 16.7. The van der Waals surface area contributed by atoms with Gasteiger partial charge in [-0.25, -0.2) is 0 Å². The first kappa shape index (κ1) is 10.9. The van der Waals surface area contributed by atoms with Crippen LogP contribution in [0.25, 0.3) is 0 Å². The van der Waals surface area contributed by atoms with Crippen molar-refractivity contribution in [2.24, 2.45) is 5.92 Å². The number of aliphatic hydroxyl groups is 1. The third kappa shape index (κ3) is 2.02. The van der Waals surface area contributed by atoms with Crippen molar-refractivity contribution in [3.05, 3.63) is 0 Å². The van der Waals surface area contributed by atoms with E-state index in [9.17, 15) is 5.11 Å². The lowest BCUT2D eigenvalue weighted by Gasteiger charge is -2.41. The molecule has 0 saturated carbocycles. The second-order valence-electron chi connectivity index (χ2n) is 3.49. The van der Waals surface area contributed by atoms with Gasteiger partial charge in [-0.2, -0.15) is 0 Å².